The van der Waals surface area contributed by atoms with Gasteiger partial charge in [-0.3, -0.25) is 0 Å². The molecule has 0 unspecified atom stereocenters. The molecule has 0 atom stereocenters. The quantitative estimate of drug-likeness (QED) is 0.772. The minimum atomic E-state index is -4.49. The first kappa shape index (κ1) is 12.1. The summed E-state index contributed by atoms with van der Waals surface area (Å²) in [6, 6.07) is 11.8. The standard InChI is InChI=1S/C13H7F3N2/c14-13(15,16)10-6-11(8-17)18-12(7-10)9-4-2-1-3-5-9/h1-7H. The van der Waals surface area contributed by atoms with Crippen LogP contribution >= 0.6 is 0 Å². The van der Waals surface area contributed by atoms with E-state index in [0.29, 0.717) is 5.56 Å². The van der Waals surface area contributed by atoms with Gasteiger partial charge < -0.3 is 0 Å². The maximum atomic E-state index is 12.7. The van der Waals surface area contributed by atoms with E-state index in [1.807, 2.05) is 0 Å². The summed E-state index contributed by atoms with van der Waals surface area (Å²) in [5.41, 5.74) is -0.432. The van der Waals surface area contributed by atoms with E-state index in [2.05, 4.69) is 4.98 Å². The van der Waals surface area contributed by atoms with Crippen LogP contribution in [0.15, 0.2) is 42.5 Å². The molecule has 0 amide bonds. The molecule has 2 nitrogen and oxygen atoms in total. The van der Waals surface area contributed by atoms with E-state index in [-0.39, 0.29) is 11.4 Å². The van der Waals surface area contributed by atoms with Crippen LogP contribution in [0.1, 0.15) is 11.3 Å². The highest BCUT2D eigenvalue weighted by Gasteiger charge is 2.31. The van der Waals surface area contributed by atoms with Gasteiger partial charge in [0, 0.05) is 5.56 Å². The Labute approximate surface area is 101 Å². The van der Waals surface area contributed by atoms with Gasteiger partial charge in [0.1, 0.15) is 11.8 Å². The lowest BCUT2D eigenvalue weighted by Crippen LogP contribution is -2.06. The molecule has 0 bridgehead atoms. The summed E-state index contributed by atoms with van der Waals surface area (Å²) in [5.74, 6) is 0. The highest BCUT2D eigenvalue weighted by molar-refractivity contribution is 5.60. The number of nitrogens with zero attached hydrogens (tertiary/aromatic N) is 2. The Hall–Kier alpha value is -2.35. The molecule has 0 spiro atoms. The zero-order valence-electron chi connectivity index (χ0n) is 9.07. The molecule has 0 fully saturated rings. The summed E-state index contributed by atoms with van der Waals surface area (Å²) < 4.78 is 38.0. The fraction of sp³-hybridized carbons (Fsp3) is 0.0769. The molecule has 0 aliphatic rings. The lowest BCUT2D eigenvalue weighted by molar-refractivity contribution is -0.137. The minimum Gasteiger partial charge on any atom is -0.237 e. The molecular formula is C13H7F3N2. The van der Waals surface area contributed by atoms with Crippen molar-refractivity contribution in [2.45, 2.75) is 6.18 Å². The van der Waals surface area contributed by atoms with Crippen molar-refractivity contribution >= 4 is 0 Å². The molecule has 0 saturated heterocycles. The lowest BCUT2D eigenvalue weighted by Gasteiger charge is -2.09. The van der Waals surface area contributed by atoms with Gasteiger partial charge in [-0.25, -0.2) is 4.98 Å². The number of aromatic nitrogens is 1. The first-order valence-corrected chi connectivity index (χ1v) is 5.05. The maximum absolute atomic E-state index is 12.7. The number of nitriles is 1. The molecule has 0 saturated carbocycles. The zero-order chi connectivity index (χ0) is 13.2. The SMILES string of the molecule is N#Cc1cc(C(F)(F)F)cc(-c2ccccc2)n1. The van der Waals surface area contributed by atoms with Crippen molar-refractivity contribution in [3.05, 3.63) is 53.7 Å². The van der Waals surface area contributed by atoms with Crippen LogP contribution in [0.25, 0.3) is 11.3 Å². The highest BCUT2D eigenvalue weighted by Crippen LogP contribution is 2.31. The third kappa shape index (κ3) is 2.48. The van der Waals surface area contributed by atoms with Gasteiger partial charge >= 0.3 is 6.18 Å². The van der Waals surface area contributed by atoms with E-state index in [0.717, 1.165) is 12.1 Å². The van der Waals surface area contributed by atoms with Crippen LogP contribution in [-0.4, -0.2) is 4.98 Å². The van der Waals surface area contributed by atoms with Gasteiger partial charge in [0.25, 0.3) is 0 Å². The van der Waals surface area contributed by atoms with Crippen molar-refractivity contribution in [2.75, 3.05) is 0 Å². The Bertz CT molecular complexity index is 598. The summed E-state index contributed by atoms with van der Waals surface area (Å²) in [4.78, 5) is 3.87. The Morgan fingerprint density at radius 3 is 2.28 bits per heavy atom. The topological polar surface area (TPSA) is 36.7 Å². The van der Waals surface area contributed by atoms with E-state index in [4.69, 9.17) is 5.26 Å². The van der Waals surface area contributed by atoms with E-state index < -0.39 is 11.7 Å². The van der Waals surface area contributed by atoms with E-state index in [9.17, 15) is 13.2 Å². The lowest BCUT2D eigenvalue weighted by atomic mass is 10.1. The van der Waals surface area contributed by atoms with E-state index in [1.54, 1.807) is 36.4 Å². The van der Waals surface area contributed by atoms with E-state index in [1.165, 1.54) is 0 Å². The Kier molecular flexibility index (Phi) is 3.02. The molecule has 0 aliphatic carbocycles. The molecule has 1 aromatic heterocycles. The van der Waals surface area contributed by atoms with Gasteiger partial charge in [-0.1, -0.05) is 30.3 Å². The van der Waals surface area contributed by atoms with Crippen molar-refractivity contribution < 1.29 is 13.2 Å². The number of benzene rings is 1. The number of pyridine rings is 1. The molecule has 18 heavy (non-hydrogen) atoms. The van der Waals surface area contributed by atoms with Gasteiger partial charge in [-0.15, -0.1) is 0 Å². The average Bonchev–Trinajstić information content (AvgIpc) is 2.38. The van der Waals surface area contributed by atoms with Crippen LogP contribution in [0.3, 0.4) is 0 Å². The average molecular weight is 248 g/mol. The predicted octanol–water partition coefficient (Wildman–Crippen LogP) is 3.64. The Balaban J connectivity index is 2.60. The van der Waals surface area contributed by atoms with Crippen LogP contribution in [0.2, 0.25) is 0 Å². The third-order valence-electron chi connectivity index (χ3n) is 2.34. The van der Waals surface area contributed by atoms with Crippen molar-refractivity contribution in [3.8, 4) is 17.3 Å². The van der Waals surface area contributed by atoms with Crippen LogP contribution in [0, 0.1) is 11.3 Å². The molecule has 5 heteroatoms. The molecule has 2 aromatic rings. The number of halogens is 3. The number of rotatable bonds is 1. The van der Waals surface area contributed by atoms with Gasteiger partial charge in [0.2, 0.25) is 0 Å². The number of hydrogen-bond donors (Lipinski definition) is 0. The summed E-state index contributed by atoms with van der Waals surface area (Å²) in [6.07, 6.45) is -4.49. The first-order chi connectivity index (χ1) is 8.50. The molecule has 0 aliphatic heterocycles. The fourth-order valence-corrected chi connectivity index (χ4v) is 1.51. The van der Waals surface area contributed by atoms with Crippen LogP contribution < -0.4 is 0 Å². The number of hydrogen-bond acceptors (Lipinski definition) is 2. The second kappa shape index (κ2) is 4.49. The summed E-state index contributed by atoms with van der Waals surface area (Å²) in [7, 11) is 0. The normalized spacial score (nSPS) is 11.0. The van der Waals surface area contributed by atoms with Crippen molar-refractivity contribution in [1.29, 1.82) is 5.26 Å². The Morgan fingerprint density at radius 1 is 1.06 bits per heavy atom. The third-order valence-corrected chi connectivity index (χ3v) is 2.34. The molecule has 2 rings (SSSR count). The van der Waals surface area contributed by atoms with Crippen LogP contribution in [0.4, 0.5) is 13.2 Å². The first-order valence-electron chi connectivity index (χ1n) is 5.05. The Morgan fingerprint density at radius 2 is 1.72 bits per heavy atom. The zero-order valence-corrected chi connectivity index (χ0v) is 9.07. The second-order valence-electron chi connectivity index (χ2n) is 3.60. The van der Waals surface area contributed by atoms with Crippen LogP contribution in [-0.2, 0) is 6.18 Å². The van der Waals surface area contributed by atoms with Crippen LogP contribution in [0.5, 0.6) is 0 Å². The van der Waals surface area contributed by atoms with Gasteiger partial charge in [0.05, 0.1) is 11.3 Å². The smallest absolute Gasteiger partial charge is 0.237 e. The van der Waals surface area contributed by atoms with Gasteiger partial charge in [-0.05, 0) is 12.1 Å². The summed E-state index contributed by atoms with van der Waals surface area (Å²) in [6.45, 7) is 0. The fourth-order valence-electron chi connectivity index (χ4n) is 1.51. The molecular weight excluding hydrogens is 241 g/mol. The largest absolute Gasteiger partial charge is 0.416 e. The van der Waals surface area contributed by atoms with Gasteiger partial charge in [-0.2, -0.15) is 18.4 Å². The molecule has 1 heterocycles. The van der Waals surface area contributed by atoms with Crippen molar-refractivity contribution in [1.82, 2.24) is 4.98 Å². The monoisotopic (exact) mass is 248 g/mol. The molecule has 90 valence electrons. The minimum absolute atomic E-state index is 0.141. The maximum Gasteiger partial charge on any atom is 0.416 e. The predicted molar refractivity (Wildman–Crippen MR) is 59.4 cm³/mol. The van der Waals surface area contributed by atoms with E-state index >= 15 is 0 Å². The highest BCUT2D eigenvalue weighted by atomic mass is 19.4. The van der Waals surface area contributed by atoms with Gasteiger partial charge in [0.15, 0.2) is 0 Å². The number of alkyl halides is 3. The molecule has 0 radical (unpaired) electrons. The summed E-state index contributed by atoms with van der Waals surface area (Å²) >= 11 is 0. The molecule has 0 N–H and O–H groups in total. The van der Waals surface area contributed by atoms with Crippen molar-refractivity contribution in [3.63, 3.8) is 0 Å². The van der Waals surface area contributed by atoms with Crippen molar-refractivity contribution in [2.24, 2.45) is 0 Å². The summed E-state index contributed by atoms with van der Waals surface area (Å²) in [5, 5.41) is 8.72. The second-order valence-corrected chi connectivity index (χ2v) is 3.60. The molecule has 1 aromatic carbocycles.